The summed E-state index contributed by atoms with van der Waals surface area (Å²) in [7, 11) is 1.59. The fraction of sp³-hybridized carbons (Fsp3) is 0.333. The molecule has 1 N–H and O–H groups in total. The van der Waals surface area contributed by atoms with E-state index in [2.05, 4.69) is 5.32 Å². The minimum Gasteiger partial charge on any atom is -0.497 e. The topological polar surface area (TPSA) is 71.8 Å². The van der Waals surface area contributed by atoms with Crippen LogP contribution in [0.15, 0.2) is 41.0 Å². The Hall–Kier alpha value is -2.76. The number of anilines is 1. The van der Waals surface area contributed by atoms with Crippen LogP contribution in [0.5, 0.6) is 5.75 Å². The van der Waals surface area contributed by atoms with E-state index in [-0.39, 0.29) is 11.8 Å². The molecular formula is C18H20N2O4. The summed E-state index contributed by atoms with van der Waals surface area (Å²) in [6.45, 7) is 2.32. The van der Waals surface area contributed by atoms with Crippen molar-refractivity contribution in [2.75, 3.05) is 19.0 Å². The van der Waals surface area contributed by atoms with Gasteiger partial charge in [-0.3, -0.25) is 9.59 Å². The van der Waals surface area contributed by atoms with Crippen molar-refractivity contribution in [1.82, 2.24) is 4.90 Å². The number of aryl methyl sites for hydroxylation is 1. The number of furan rings is 1. The number of carbonyl (C=O) groups is 2. The third-order valence-corrected chi connectivity index (χ3v) is 4.26. The molecule has 6 nitrogen and oxygen atoms in total. The summed E-state index contributed by atoms with van der Waals surface area (Å²) in [5.41, 5.74) is 1.19. The molecule has 0 bridgehead atoms. The molecule has 2 amide bonds. The first-order valence-electron chi connectivity index (χ1n) is 7.90. The summed E-state index contributed by atoms with van der Waals surface area (Å²) < 4.78 is 10.3. The first kappa shape index (κ1) is 16.1. The van der Waals surface area contributed by atoms with Gasteiger partial charge >= 0.3 is 0 Å². The monoisotopic (exact) mass is 328 g/mol. The Balaban J connectivity index is 1.71. The fourth-order valence-corrected chi connectivity index (χ4v) is 2.94. The third kappa shape index (κ3) is 3.13. The van der Waals surface area contributed by atoms with Crippen LogP contribution in [0, 0.1) is 6.92 Å². The molecule has 1 aliphatic heterocycles. The van der Waals surface area contributed by atoms with Gasteiger partial charge in [0, 0.05) is 12.2 Å². The highest BCUT2D eigenvalue weighted by molar-refractivity contribution is 6.01. The van der Waals surface area contributed by atoms with Crippen molar-refractivity contribution in [2.24, 2.45) is 0 Å². The minimum absolute atomic E-state index is 0.159. The molecule has 1 unspecified atom stereocenters. The Bertz CT molecular complexity index is 736. The van der Waals surface area contributed by atoms with E-state index >= 15 is 0 Å². The largest absolute Gasteiger partial charge is 0.497 e. The van der Waals surface area contributed by atoms with Crippen LogP contribution in [0.25, 0.3) is 0 Å². The van der Waals surface area contributed by atoms with Crippen molar-refractivity contribution in [3.63, 3.8) is 0 Å². The number of carbonyl (C=O) groups excluding carboxylic acids is 2. The van der Waals surface area contributed by atoms with Crippen LogP contribution in [-0.4, -0.2) is 36.4 Å². The summed E-state index contributed by atoms with van der Waals surface area (Å²) in [5.74, 6) is 0.961. The van der Waals surface area contributed by atoms with E-state index < -0.39 is 6.04 Å². The van der Waals surface area contributed by atoms with Gasteiger partial charge in [-0.05, 0) is 50.1 Å². The summed E-state index contributed by atoms with van der Waals surface area (Å²) >= 11 is 0. The SMILES string of the molecule is COc1ccc(NC(=O)C2CCCN2C(=O)c2ccoc2C)cc1. The number of hydrogen-bond acceptors (Lipinski definition) is 4. The molecule has 6 heteroatoms. The lowest BCUT2D eigenvalue weighted by molar-refractivity contribution is -0.119. The zero-order valence-electron chi connectivity index (χ0n) is 13.7. The molecule has 126 valence electrons. The number of amides is 2. The Morgan fingerprint density at radius 3 is 2.62 bits per heavy atom. The lowest BCUT2D eigenvalue weighted by atomic mass is 10.1. The molecule has 2 heterocycles. The van der Waals surface area contributed by atoms with Gasteiger partial charge < -0.3 is 19.4 Å². The van der Waals surface area contributed by atoms with Gasteiger partial charge in [0.25, 0.3) is 5.91 Å². The first-order valence-corrected chi connectivity index (χ1v) is 7.90. The first-order chi connectivity index (χ1) is 11.6. The van der Waals surface area contributed by atoms with Crippen molar-refractivity contribution in [3.05, 3.63) is 47.9 Å². The second kappa shape index (κ2) is 6.78. The van der Waals surface area contributed by atoms with Gasteiger partial charge in [0.15, 0.2) is 0 Å². The maximum atomic E-state index is 12.6. The van der Waals surface area contributed by atoms with Gasteiger partial charge in [0.1, 0.15) is 17.6 Å². The second-order valence-electron chi connectivity index (χ2n) is 5.76. The molecule has 1 aromatic carbocycles. The van der Waals surface area contributed by atoms with E-state index in [1.807, 2.05) is 0 Å². The molecule has 0 saturated carbocycles. The number of ether oxygens (including phenoxy) is 1. The number of methoxy groups -OCH3 is 1. The number of nitrogens with zero attached hydrogens (tertiary/aromatic N) is 1. The van der Waals surface area contributed by atoms with Crippen molar-refractivity contribution in [3.8, 4) is 5.75 Å². The molecule has 2 aromatic rings. The Labute approximate surface area is 140 Å². The van der Waals surface area contributed by atoms with Crippen LogP contribution in [-0.2, 0) is 4.79 Å². The highest BCUT2D eigenvalue weighted by Gasteiger charge is 2.35. The van der Waals surface area contributed by atoms with Gasteiger partial charge in [-0.2, -0.15) is 0 Å². The smallest absolute Gasteiger partial charge is 0.258 e. The van der Waals surface area contributed by atoms with Crippen LogP contribution in [0.4, 0.5) is 5.69 Å². The molecule has 0 aliphatic carbocycles. The molecule has 24 heavy (non-hydrogen) atoms. The van der Waals surface area contributed by atoms with Crippen molar-refractivity contribution >= 4 is 17.5 Å². The standard InChI is InChI=1S/C18H20N2O4/c1-12-15(9-11-24-12)18(22)20-10-3-4-16(20)17(21)19-13-5-7-14(23-2)8-6-13/h5-9,11,16H,3-4,10H2,1-2H3,(H,19,21). The van der Waals surface area contributed by atoms with Crippen LogP contribution in [0.2, 0.25) is 0 Å². The number of hydrogen-bond donors (Lipinski definition) is 1. The van der Waals surface area contributed by atoms with Gasteiger partial charge in [-0.1, -0.05) is 0 Å². The van der Waals surface area contributed by atoms with E-state index in [0.29, 0.717) is 30.0 Å². The van der Waals surface area contributed by atoms with E-state index in [1.54, 1.807) is 49.3 Å². The zero-order chi connectivity index (χ0) is 17.1. The molecule has 1 aliphatic rings. The van der Waals surface area contributed by atoms with E-state index in [4.69, 9.17) is 9.15 Å². The number of benzene rings is 1. The quantitative estimate of drug-likeness (QED) is 0.937. The van der Waals surface area contributed by atoms with Crippen LogP contribution >= 0.6 is 0 Å². The fourth-order valence-electron chi connectivity index (χ4n) is 2.94. The molecule has 1 fully saturated rings. The van der Waals surface area contributed by atoms with E-state index in [0.717, 1.165) is 12.2 Å². The summed E-state index contributed by atoms with van der Waals surface area (Å²) in [5, 5.41) is 2.87. The Morgan fingerprint density at radius 1 is 1.25 bits per heavy atom. The van der Waals surface area contributed by atoms with Crippen LogP contribution < -0.4 is 10.1 Å². The lowest BCUT2D eigenvalue weighted by Crippen LogP contribution is -2.43. The van der Waals surface area contributed by atoms with Gasteiger partial charge in [0.2, 0.25) is 5.91 Å². The predicted octanol–water partition coefficient (Wildman–Crippen LogP) is 2.84. The number of likely N-dealkylation sites (tertiary alicyclic amines) is 1. The van der Waals surface area contributed by atoms with Crippen LogP contribution in [0.1, 0.15) is 29.0 Å². The average Bonchev–Trinajstić information content (AvgIpc) is 3.24. The van der Waals surface area contributed by atoms with Crippen molar-refractivity contribution < 1.29 is 18.7 Å². The highest BCUT2D eigenvalue weighted by atomic mass is 16.5. The van der Waals surface area contributed by atoms with Gasteiger partial charge in [-0.25, -0.2) is 0 Å². The number of nitrogens with one attached hydrogen (secondary N) is 1. The van der Waals surface area contributed by atoms with Crippen molar-refractivity contribution in [2.45, 2.75) is 25.8 Å². The second-order valence-corrected chi connectivity index (χ2v) is 5.76. The Morgan fingerprint density at radius 2 is 2.00 bits per heavy atom. The molecule has 0 spiro atoms. The molecule has 1 saturated heterocycles. The molecular weight excluding hydrogens is 308 g/mol. The summed E-state index contributed by atoms with van der Waals surface area (Å²) in [4.78, 5) is 26.8. The zero-order valence-corrected chi connectivity index (χ0v) is 13.7. The molecule has 1 aromatic heterocycles. The molecule has 3 rings (SSSR count). The number of rotatable bonds is 4. The van der Waals surface area contributed by atoms with Gasteiger partial charge in [0.05, 0.1) is 18.9 Å². The van der Waals surface area contributed by atoms with E-state index in [9.17, 15) is 9.59 Å². The molecule has 0 radical (unpaired) electrons. The van der Waals surface area contributed by atoms with Crippen LogP contribution in [0.3, 0.4) is 0 Å². The maximum Gasteiger partial charge on any atom is 0.258 e. The van der Waals surface area contributed by atoms with Crippen molar-refractivity contribution in [1.29, 1.82) is 0 Å². The predicted molar refractivity (Wildman–Crippen MR) is 89.1 cm³/mol. The molecule has 1 atom stereocenters. The highest BCUT2D eigenvalue weighted by Crippen LogP contribution is 2.24. The lowest BCUT2D eigenvalue weighted by Gasteiger charge is -2.23. The summed E-state index contributed by atoms with van der Waals surface area (Å²) in [6.07, 6.45) is 2.96. The Kier molecular flexibility index (Phi) is 4.55. The van der Waals surface area contributed by atoms with E-state index in [1.165, 1.54) is 6.26 Å². The third-order valence-electron chi connectivity index (χ3n) is 4.26. The minimum atomic E-state index is -0.464. The average molecular weight is 328 g/mol. The normalized spacial score (nSPS) is 16.9. The van der Waals surface area contributed by atoms with Gasteiger partial charge in [-0.15, -0.1) is 0 Å². The maximum absolute atomic E-state index is 12.6. The summed E-state index contributed by atoms with van der Waals surface area (Å²) in [6, 6.07) is 8.29.